The van der Waals surface area contributed by atoms with E-state index in [1.165, 1.54) is 72.8 Å². The molecular formula is C87H50F6N6. The summed E-state index contributed by atoms with van der Waals surface area (Å²) in [6, 6.07) is 92.0. The van der Waals surface area contributed by atoms with E-state index in [1.807, 2.05) is 84.9 Å². The van der Waals surface area contributed by atoms with Crippen molar-refractivity contribution in [3.05, 3.63) is 338 Å². The Balaban J connectivity index is 0.901. The van der Waals surface area contributed by atoms with E-state index in [9.17, 15) is 26.3 Å². The number of aromatic nitrogens is 6. The van der Waals surface area contributed by atoms with Crippen molar-refractivity contribution in [2.45, 2.75) is 0 Å². The molecule has 0 N–H and O–H groups in total. The van der Waals surface area contributed by atoms with E-state index < -0.39 is 0 Å². The number of hydrogen-bond acceptors (Lipinski definition) is 3. The zero-order valence-corrected chi connectivity index (χ0v) is 52.3. The maximum Gasteiger partial charge on any atom is 0.238 e. The Morgan fingerprint density at radius 3 is 0.626 bits per heavy atom. The normalized spacial score (nSPS) is 11.7. The maximum atomic E-state index is 14.5. The Morgan fingerprint density at radius 1 is 0.192 bits per heavy atom. The Labute approximate surface area is 562 Å². The van der Waals surface area contributed by atoms with Crippen LogP contribution in [0.15, 0.2) is 303 Å². The highest BCUT2D eigenvalue weighted by atomic mass is 19.1. The first-order valence-electron chi connectivity index (χ1n) is 32.2. The van der Waals surface area contributed by atoms with Crippen molar-refractivity contribution in [1.29, 1.82) is 0 Å². The van der Waals surface area contributed by atoms with Crippen molar-refractivity contribution in [3.63, 3.8) is 0 Å². The topological polar surface area (TPSA) is 53.5 Å². The fourth-order valence-electron chi connectivity index (χ4n) is 14.2. The minimum absolute atomic E-state index is 0.300. The SMILES string of the molecule is Fc1ccc(-c2ccc3c(c2)c2cc(-c4ccc(F)cc4)ccc2n3-c2nc(-c3ccccc3-n3c4ccc(-c5ccc(F)cc5)cc4c4cc(-c5ccc(F)cc5)ccc43)nc(-c3ccccc3-n3c4ccc(-c5ccc(F)cc5)cc4c4cc(-c5ccc(F)cc5)ccc43)n2)cc1. The lowest BCUT2D eigenvalue weighted by molar-refractivity contribution is 0.627. The summed E-state index contributed by atoms with van der Waals surface area (Å²) in [6.45, 7) is 0. The summed E-state index contributed by atoms with van der Waals surface area (Å²) in [7, 11) is 0. The Kier molecular flexibility index (Phi) is 13.9. The fraction of sp³-hybridized carbons (Fsp3) is 0. The summed E-state index contributed by atoms with van der Waals surface area (Å²) in [5.74, 6) is -1.04. The van der Waals surface area contributed by atoms with Crippen LogP contribution in [0.3, 0.4) is 0 Å². The molecule has 0 aliphatic heterocycles. The van der Waals surface area contributed by atoms with E-state index in [-0.39, 0.29) is 34.9 Å². The Hall–Kier alpha value is -12.9. The molecule has 18 rings (SSSR count). The summed E-state index contributed by atoms with van der Waals surface area (Å²) < 4.78 is 93.3. The largest absolute Gasteiger partial charge is 0.309 e. The quantitative estimate of drug-likeness (QED) is 0.121. The molecule has 0 aliphatic rings. The minimum atomic E-state index is -0.347. The highest BCUT2D eigenvalue weighted by molar-refractivity contribution is 6.15. The minimum Gasteiger partial charge on any atom is -0.309 e. The molecule has 4 aromatic heterocycles. The highest BCUT2D eigenvalue weighted by Crippen LogP contribution is 2.44. The van der Waals surface area contributed by atoms with Crippen LogP contribution < -0.4 is 0 Å². The molecule has 14 aromatic carbocycles. The maximum absolute atomic E-state index is 14.5. The number of para-hydroxylation sites is 2. The molecule has 0 atom stereocenters. The van der Waals surface area contributed by atoms with E-state index in [0.29, 0.717) is 28.7 Å². The van der Waals surface area contributed by atoms with Crippen LogP contribution in [0.2, 0.25) is 0 Å². The van der Waals surface area contributed by atoms with Crippen molar-refractivity contribution in [3.8, 4) is 107 Å². The fourth-order valence-corrected chi connectivity index (χ4v) is 14.2. The molecule has 0 saturated heterocycles. The molecule has 0 amide bonds. The number of hydrogen-bond donors (Lipinski definition) is 0. The van der Waals surface area contributed by atoms with Gasteiger partial charge in [-0.2, -0.15) is 9.97 Å². The van der Waals surface area contributed by atoms with Gasteiger partial charge in [-0.3, -0.25) is 4.57 Å². The van der Waals surface area contributed by atoms with Crippen molar-refractivity contribution in [1.82, 2.24) is 28.7 Å². The van der Waals surface area contributed by atoms with Crippen LogP contribution in [-0.2, 0) is 0 Å². The van der Waals surface area contributed by atoms with Crippen molar-refractivity contribution < 1.29 is 26.3 Å². The number of nitrogens with zero attached hydrogens (tertiary/aromatic N) is 6. The highest BCUT2D eigenvalue weighted by Gasteiger charge is 2.26. The average Bonchev–Trinajstić information content (AvgIpc) is 1.61. The molecule has 0 bridgehead atoms. The molecule has 18 aromatic rings. The molecule has 0 fully saturated rings. The molecule has 0 saturated carbocycles. The molecule has 99 heavy (non-hydrogen) atoms. The van der Waals surface area contributed by atoms with Gasteiger partial charge in [0.1, 0.15) is 34.9 Å². The van der Waals surface area contributed by atoms with E-state index in [1.54, 1.807) is 72.8 Å². The van der Waals surface area contributed by atoms with Crippen molar-refractivity contribution >= 4 is 65.4 Å². The lowest BCUT2D eigenvalue weighted by atomic mass is 10.0. The second-order valence-electron chi connectivity index (χ2n) is 24.8. The summed E-state index contributed by atoms with van der Waals surface area (Å²) in [4.78, 5) is 16.9. The van der Waals surface area contributed by atoms with Gasteiger partial charge in [0, 0.05) is 43.4 Å². The van der Waals surface area contributed by atoms with Crippen LogP contribution in [0.5, 0.6) is 0 Å². The molecule has 470 valence electrons. The third-order valence-electron chi connectivity index (χ3n) is 19.0. The second kappa shape index (κ2) is 23.5. The predicted octanol–water partition coefficient (Wildman–Crippen LogP) is 23.3. The number of fused-ring (bicyclic) bond motifs is 9. The van der Waals surface area contributed by atoms with Gasteiger partial charge in [0.15, 0.2) is 11.6 Å². The first-order valence-corrected chi connectivity index (χ1v) is 32.2. The van der Waals surface area contributed by atoms with E-state index in [2.05, 4.69) is 86.5 Å². The van der Waals surface area contributed by atoms with Crippen molar-refractivity contribution in [2.24, 2.45) is 0 Å². The molecular weight excluding hydrogens is 1240 g/mol. The smallest absolute Gasteiger partial charge is 0.238 e. The summed E-state index contributed by atoms with van der Waals surface area (Å²) in [6.07, 6.45) is 0. The van der Waals surface area contributed by atoms with Crippen LogP contribution in [0.25, 0.3) is 172 Å². The summed E-state index contributed by atoms with van der Waals surface area (Å²) >= 11 is 0. The van der Waals surface area contributed by atoms with Gasteiger partial charge < -0.3 is 9.13 Å². The van der Waals surface area contributed by atoms with Crippen LogP contribution in [-0.4, -0.2) is 28.7 Å². The van der Waals surface area contributed by atoms with Gasteiger partial charge in [-0.15, -0.1) is 0 Å². The predicted molar refractivity (Wildman–Crippen MR) is 386 cm³/mol. The molecule has 4 heterocycles. The summed E-state index contributed by atoms with van der Waals surface area (Å²) in [5, 5.41) is 5.39. The second-order valence-corrected chi connectivity index (χ2v) is 24.8. The lowest BCUT2D eigenvalue weighted by Crippen LogP contribution is -2.09. The molecule has 12 heteroatoms. The molecule has 0 radical (unpaired) electrons. The van der Waals surface area contributed by atoms with Gasteiger partial charge in [-0.1, -0.05) is 133 Å². The number of halogens is 6. The third kappa shape index (κ3) is 10.3. The molecule has 0 spiro atoms. The van der Waals surface area contributed by atoms with E-state index in [4.69, 9.17) is 15.0 Å². The Bertz CT molecular complexity index is 5670. The Morgan fingerprint density at radius 2 is 0.394 bits per heavy atom. The van der Waals surface area contributed by atoms with Gasteiger partial charge in [-0.25, -0.2) is 31.3 Å². The zero-order chi connectivity index (χ0) is 66.6. The van der Waals surface area contributed by atoms with Crippen molar-refractivity contribution in [2.75, 3.05) is 0 Å². The van der Waals surface area contributed by atoms with Crippen LogP contribution in [0.1, 0.15) is 0 Å². The van der Waals surface area contributed by atoms with Gasteiger partial charge in [-0.05, 0) is 237 Å². The van der Waals surface area contributed by atoms with Gasteiger partial charge in [0.2, 0.25) is 5.95 Å². The first-order chi connectivity index (χ1) is 48.5. The monoisotopic (exact) mass is 1290 g/mol. The molecule has 0 unspecified atom stereocenters. The molecule has 6 nitrogen and oxygen atoms in total. The average molecular weight is 1290 g/mol. The standard InChI is InChI=1S/C87H50F6N6/c88-63-27-9-51(10-28-63)57-21-39-79-71(45-57)72-46-58(52-11-29-64(89)30-12-52)22-40-80(72)97(79)77-7-3-1-5-69(77)85-94-86(96-87(95-85)99-83-43-25-61(55-17-35-67(92)36-18-55)49-75(83)76-50-62(26-44-84(76)99)56-19-37-68(93)38-20-56)70-6-2-4-8-78(70)98-81-41-23-59(53-13-31-65(90)32-14-53)47-73(81)74-48-60(24-42-82(74)98)54-15-33-66(91)34-16-54/h1-50H. The summed E-state index contributed by atoms with van der Waals surface area (Å²) in [5.41, 5.74) is 18.1. The number of rotatable bonds is 11. The van der Waals surface area contributed by atoms with E-state index >= 15 is 0 Å². The van der Waals surface area contributed by atoms with Crippen LogP contribution in [0.4, 0.5) is 26.3 Å². The zero-order valence-electron chi connectivity index (χ0n) is 52.3. The van der Waals surface area contributed by atoms with E-state index in [0.717, 1.165) is 144 Å². The lowest BCUT2D eigenvalue weighted by Gasteiger charge is -2.17. The van der Waals surface area contributed by atoms with Crippen LogP contribution in [0, 0.1) is 34.9 Å². The first kappa shape index (κ1) is 58.6. The van der Waals surface area contributed by atoms with Gasteiger partial charge in [0.05, 0.1) is 44.5 Å². The molecule has 0 aliphatic carbocycles. The number of benzene rings is 14. The third-order valence-corrected chi connectivity index (χ3v) is 19.0. The van der Waals surface area contributed by atoms with Crippen LogP contribution >= 0.6 is 0 Å². The van der Waals surface area contributed by atoms with Gasteiger partial charge in [0.25, 0.3) is 0 Å². The van der Waals surface area contributed by atoms with Gasteiger partial charge >= 0.3 is 0 Å².